The van der Waals surface area contributed by atoms with Crippen LogP contribution in [0.2, 0.25) is 0 Å². The van der Waals surface area contributed by atoms with Crippen molar-refractivity contribution >= 4 is 22.7 Å². The zero-order valence-corrected chi connectivity index (χ0v) is 20.4. The fraction of sp³-hybridized carbons (Fsp3) is 0.241. The van der Waals surface area contributed by atoms with Crippen molar-refractivity contribution < 1.29 is 19.1 Å². The van der Waals surface area contributed by atoms with E-state index < -0.39 is 0 Å². The third kappa shape index (κ3) is 4.77. The predicted molar refractivity (Wildman–Crippen MR) is 138 cm³/mol. The molecule has 0 saturated carbocycles. The van der Waals surface area contributed by atoms with Gasteiger partial charge in [0.05, 0.1) is 20.3 Å². The molecule has 1 aliphatic heterocycles. The second-order valence-electron chi connectivity index (χ2n) is 9.00. The van der Waals surface area contributed by atoms with Crippen LogP contribution in [0.25, 0.3) is 10.9 Å². The Hall–Kier alpha value is -4.26. The molecule has 0 spiro atoms. The molecule has 184 valence electrons. The second-order valence-corrected chi connectivity index (χ2v) is 9.00. The summed E-state index contributed by atoms with van der Waals surface area (Å²) in [5, 5.41) is 0.889. The van der Waals surface area contributed by atoms with E-state index in [0.29, 0.717) is 25.2 Å². The number of H-pyrrole nitrogens is 1. The van der Waals surface area contributed by atoms with E-state index >= 15 is 0 Å². The SMILES string of the molecule is COc1ccc2[nH]c(C(=O)N3CC(=O)N(Cc4ccccc4OC)[C@@H](Cc4ccccc4)C3)cc2c1. The minimum atomic E-state index is -0.187. The van der Waals surface area contributed by atoms with Crippen molar-refractivity contribution in [3.63, 3.8) is 0 Å². The van der Waals surface area contributed by atoms with Gasteiger partial charge >= 0.3 is 0 Å². The van der Waals surface area contributed by atoms with Crippen molar-refractivity contribution in [2.24, 2.45) is 0 Å². The minimum absolute atomic E-state index is 0.0258. The van der Waals surface area contributed by atoms with E-state index in [1.807, 2.05) is 71.6 Å². The smallest absolute Gasteiger partial charge is 0.270 e. The maximum atomic E-state index is 13.5. The third-order valence-electron chi connectivity index (χ3n) is 6.71. The van der Waals surface area contributed by atoms with Crippen LogP contribution in [0.4, 0.5) is 0 Å². The van der Waals surface area contributed by atoms with E-state index in [0.717, 1.165) is 33.5 Å². The number of nitrogens with one attached hydrogen (secondary N) is 1. The summed E-state index contributed by atoms with van der Waals surface area (Å²) >= 11 is 0. The number of aromatic nitrogens is 1. The normalized spacial score (nSPS) is 15.8. The lowest BCUT2D eigenvalue weighted by atomic mass is 10.0. The highest BCUT2D eigenvalue weighted by molar-refractivity contribution is 6.00. The molecular formula is C29H29N3O4. The number of nitrogens with zero attached hydrogens (tertiary/aromatic N) is 2. The first-order chi connectivity index (χ1) is 17.6. The summed E-state index contributed by atoms with van der Waals surface area (Å²) in [6.07, 6.45) is 0.648. The van der Waals surface area contributed by atoms with Crippen LogP contribution < -0.4 is 9.47 Å². The van der Waals surface area contributed by atoms with E-state index in [9.17, 15) is 9.59 Å². The topological polar surface area (TPSA) is 74.9 Å². The van der Waals surface area contributed by atoms with Crippen LogP contribution >= 0.6 is 0 Å². The number of para-hydroxylation sites is 1. The van der Waals surface area contributed by atoms with Gasteiger partial charge in [-0.15, -0.1) is 0 Å². The van der Waals surface area contributed by atoms with Gasteiger partial charge in [-0.05, 0) is 42.3 Å². The molecule has 1 atom stereocenters. The predicted octanol–water partition coefficient (Wildman–Crippen LogP) is 4.28. The highest BCUT2D eigenvalue weighted by Gasteiger charge is 2.36. The average molecular weight is 484 g/mol. The highest BCUT2D eigenvalue weighted by Crippen LogP contribution is 2.26. The number of benzene rings is 3. The van der Waals surface area contributed by atoms with E-state index in [-0.39, 0.29) is 24.4 Å². The molecule has 1 fully saturated rings. The lowest BCUT2D eigenvalue weighted by molar-refractivity contribution is -0.139. The average Bonchev–Trinajstić information content (AvgIpc) is 3.34. The molecule has 1 saturated heterocycles. The van der Waals surface area contributed by atoms with Gasteiger partial charge in [-0.2, -0.15) is 0 Å². The lowest BCUT2D eigenvalue weighted by Gasteiger charge is -2.41. The molecule has 4 aromatic rings. The van der Waals surface area contributed by atoms with Gasteiger partial charge in [-0.3, -0.25) is 9.59 Å². The highest BCUT2D eigenvalue weighted by atomic mass is 16.5. The van der Waals surface area contributed by atoms with Crippen molar-refractivity contribution in [1.29, 1.82) is 0 Å². The zero-order chi connectivity index (χ0) is 25.1. The van der Waals surface area contributed by atoms with E-state index in [4.69, 9.17) is 9.47 Å². The maximum Gasteiger partial charge on any atom is 0.270 e. The Balaban J connectivity index is 1.42. The van der Waals surface area contributed by atoms with Gasteiger partial charge in [-0.1, -0.05) is 48.5 Å². The first kappa shape index (κ1) is 23.5. The van der Waals surface area contributed by atoms with Crippen molar-refractivity contribution in [1.82, 2.24) is 14.8 Å². The van der Waals surface area contributed by atoms with Crippen LogP contribution in [-0.4, -0.2) is 59.9 Å². The number of carbonyl (C=O) groups excluding carboxylic acids is 2. The number of methoxy groups -OCH3 is 2. The van der Waals surface area contributed by atoms with Crippen LogP contribution in [0.5, 0.6) is 11.5 Å². The largest absolute Gasteiger partial charge is 0.497 e. The van der Waals surface area contributed by atoms with Crippen molar-refractivity contribution in [3.05, 3.63) is 95.7 Å². The van der Waals surface area contributed by atoms with Crippen LogP contribution in [-0.2, 0) is 17.8 Å². The first-order valence-corrected chi connectivity index (χ1v) is 12.0. The van der Waals surface area contributed by atoms with Crippen LogP contribution in [0.3, 0.4) is 0 Å². The van der Waals surface area contributed by atoms with E-state index in [2.05, 4.69) is 17.1 Å². The number of hydrogen-bond acceptors (Lipinski definition) is 4. The number of carbonyl (C=O) groups is 2. The first-order valence-electron chi connectivity index (χ1n) is 12.0. The summed E-state index contributed by atoms with van der Waals surface area (Å²) in [5.41, 5.74) is 3.37. The molecule has 7 nitrogen and oxygen atoms in total. The molecule has 36 heavy (non-hydrogen) atoms. The molecule has 7 heteroatoms. The summed E-state index contributed by atoms with van der Waals surface area (Å²) < 4.78 is 10.8. The molecule has 0 aliphatic carbocycles. The monoisotopic (exact) mass is 483 g/mol. The number of rotatable bonds is 7. The maximum absolute atomic E-state index is 13.5. The van der Waals surface area contributed by atoms with E-state index in [1.165, 1.54) is 0 Å². The minimum Gasteiger partial charge on any atom is -0.497 e. The van der Waals surface area contributed by atoms with Gasteiger partial charge < -0.3 is 24.3 Å². The molecule has 1 aliphatic rings. The summed E-state index contributed by atoms with van der Waals surface area (Å²) in [6, 6.07) is 25.1. The number of amides is 2. The second kappa shape index (κ2) is 10.2. The van der Waals surface area contributed by atoms with Crippen molar-refractivity contribution in [3.8, 4) is 11.5 Å². The molecule has 5 rings (SSSR count). The third-order valence-corrected chi connectivity index (χ3v) is 6.71. The number of piperazine rings is 1. The molecule has 0 radical (unpaired) electrons. The van der Waals surface area contributed by atoms with Crippen molar-refractivity contribution in [2.75, 3.05) is 27.3 Å². The zero-order valence-electron chi connectivity index (χ0n) is 20.4. The molecule has 0 unspecified atom stereocenters. The molecule has 3 aromatic carbocycles. The van der Waals surface area contributed by atoms with Crippen LogP contribution in [0.15, 0.2) is 78.9 Å². The number of fused-ring (bicyclic) bond motifs is 1. The Morgan fingerprint density at radius 3 is 2.53 bits per heavy atom. The van der Waals surface area contributed by atoms with Crippen LogP contribution in [0, 0.1) is 0 Å². The standard InChI is InChI=1S/C29H29N3O4/c1-35-24-12-13-25-22(15-24)16-26(30-25)29(34)31-18-23(14-20-8-4-3-5-9-20)32(28(33)19-31)17-21-10-6-7-11-27(21)36-2/h3-13,15-16,23,30H,14,17-19H2,1-2H3/t23-/m0/s1. The van der Waals surface area contributed by atoms with Gasteiger partial charge in [0.15, 0.2) is 0 Å². The summed E-state index contributed by atoms with van der Waals surface area (Å²) in [5.74, 6) is 1.20. The fourth-order valence-corrected chi connectivity index (χ4v) is 4.85. The number of hydrogen-bond donors (Lipinski definition) is 1. The molecule has 1 N–H and O–H groups in total. The quantitative estimate of drug-likeness (QED) is 0.426. The van der Waals surface area contributed by atoms with Gasteiger partial charge in [-0.25, -0.2) is 0 Å². The van der Waals surface area contributed by atoms with Crippen molar-refractivity contribution in [2.45, 2.75) is 19.0 Å². The molecule has 2 amide bonds. The molecule has 1 aromatic heterocycles. The Morgan fingerprint density at radius 1 is 0.972 bits per heavy atom. The van der Waals surface area contributed by atoms with Gasteiger partial charge in [0.2, 0.25) is 5.91 Å². The van der Waals surface area contributed by atoms with Gasteiger partial charge in [0, 0.05) is 29.6 Å². The van der Waals surface area contributed by atoms with Crippen LogP contribution in [0.1, 0.15) is 21.6 Å². The Morgan fingerprint density at radius 2 is 1.75 bits per heavy atom. The Kier molecular flexibility index (Phi) is 6.62. The number of aromatic amines is 1. The summed E-state index contributed by atoms with van der Waals surface area (Å²) in [6.45, 7) is 0.889. The Bertz CT molecular complexity index is 1380. The fourth-order valence-electron chi connectivity index (χ4n) is 4.85. The van der Waals surface area contributed by atoms with Gasteiger partial charge in [0.1, 0.15) is 23.7 Å². The molecule has 0 bridgehead atoms. The molecular weight excluding hydrogens is 454 g/mol. The molecule has 2 heterocycles. The summed E-state index contributed by atoms with van der Waals surface area (Å²) in [7, 11) is 3.25. The Labute approximate surface area is 210 Å². The van der Waals surface area contributed by atoms with E-state index in [1.54, 1.807) is 19.1 Å². The number of ether oxygens (including phenoxy) is 2. The van der Waals surface area contributed by atoms with Gasteiger partial charge in [0.25, 0.3) is 5.91 Å². The summed E-state index contributed by atoms with van der Waals surface area (Å²) in [4.78, 5) is 33.7. The lowest BCUT2D eigenvalue weighted by Crippen LogP contribution is -2.58.